The second kappa shape index (κ2) is 6.73. The van der Waals surface area contributed by atoms with Crippen LogP contribution in [0.1, 0.15) is 37.9 Å². The van der Waals surface area contributed by atoms with Crippen LogP contribution in [0, 0.1) is 12.7 Å². The molecule has 116 valence electrons. The molecule has 0 bridgehead atoms. The monoisotopic (exact) mass is 300 g/mol. The minimum atomic E-state index is -0.267. The fraction of sp³-hybridized carbons (Fsp3) is 0.412. The molecule has 0 unspecified atom stereocenters. The van der Waals surface area contributed by atoms with Crippen molar-refractivity contribution in [3.63, 3.8) is 0 Å². The molecule has 1 aliphatic rings. The number of nitrogens with zero attached hydrogens (tertiary/aromatic N) is 2. The molecule has 3 rings (SSSR count). The van der Waals surface area contributed by atoms with Crippen molar-refractivity contribution in [2.24, 2.45) is 0 Å². The first kappa shape index (κ1) is 14.8. The van der Waals surface area contributed by atoms with Gasteiger partial charge in [-0.15, -0.1) is 0 Å². The second-order valence-electron chi connectivity index (χ2n) is 5.80. The number of anilines is 3. The lowest BCUT2D eigenvalue weighted by molar-refractivity contribution is 0.462. The summed E-state index contributed by atoms with van der Waals surface area (Å²) in [7, 11) is 0. The van der Waals surface area contributed by atoms with Crippen LogP contribution in [-0.4, -0.2) is 16.0 Å². The maximum absolute atomic E-state index is 13.3. The van der Waals surface area contributed by atoms with E-state index in [0.717, 1.165) is 5.82 Å². The average Bonchev–Trinajstić information content (AvgIpc) is 2.47. The van der Waals surface area contributed by atoms with E-state index in [0.29, 0.717) is 23.4 Å². The lowest BCUT2D eigenvalue weighted by atomic mass is 9.95. The Hall–Kier alpha value is -2.17. The van der Waals surface area contributed by atoms with Gasteiger partial charge >= 0.3 is 0 Å². The van der Waals surface area contributed by atoms with E-state index in [-0.39, 0.29) is 5.82 Å². The predicted molar refractivity (Wildman–Crippen MR) is 86.9 cm³/mol. The van der Waals surface area contributed by atoms with E-state index in [1.165, 1.54) is 44.2 Å². The number of rotatable bonds is 4. The van der Waals surface area contributed by atoms with E-state index in [1.807, 2.05) is 19.1 Å². The van der Waals surface area contributed by atoms with Crippen molar-refractivity contribution in [1.82, 2.24) is 9.97 Å². The van der Waals surface area contributed by atoms with Crippen LogP contribution in [0.25, 0.3) is 0 Å². The van der Waals surface area contributed by atoms with Gasteiger partial charge in [0, 0.05) is 17.8 Å². The van der Waals surface area contributed by atoms with Gasteiger partial charge in [-0.3, -0.25) is 0 Å². The summed E-state index contributed by atoms with van der Waals surface area (Å²) in [5.74, 6) is 1.94. The number of nitrogens with one attached hydrogen (secondary N) is 2. The first-order chi connectivity index (χ1) is 10.7. The maximum Gasteiger partial charge on any atom is 0.136 e. The van der Waals surface area contributed by atoms with E-state index in [4.69, 9.17) is 0 Å². The zero-order valence-corrected chi connectivity index (χ0v) is 12.8. The zero-order valence-electron chi connectivity index (χ0n) is 12.8. The molecule has 1 aromatic carbocycles. The highest BCUT2D eigenvalue weighted by atomic mass is 19.1. The van der Waals surface area contributed by atoms with Crippen LogP contribution in [0.15, 0.2) is 30.3 Å². The summed E-state index contributed by atoms with van der Waals surface area (Å²) >= 11 is 0. The van der Waals surface area contributed by atoms with Gasteiger partial charge < -0.3 is 10.6 Å². The Bertz CT molecular complexity index is 638. The molecule has 1 saturated carbocycles. The minimum Gasteiger partial charge on any atom is -0.367 e. The van der Waals surface area contributed by atoms with Gasteiger partial charge in [0.05, 0.1) is 0 Å². The van der Waals surface area contributed by atoms with Gasteiger partial charge in [-0.05, 0) is 38.0 Å². The Kier molecular flexibility index (Phi) is 4.51. The number of halogens is 1. The van der Waals surface area contributed by atoms with Crippen LogP contribution in [-0.2, 0) is 0 Å². The summed E-state index contributed by atoms with van der Waals surface area (Å²) in [4.78, 5) is 8.82. The number of hydrogen-bond donors (Lipinski definition) is 2. The summed E-state index contributed by atoms with van der Waals surface area (Å²) in [5, 5.41) is 6.63. The molecule has 0 radical (unpaired) electrons. The molecule has 5 heteroatoms. The fourth-order valence-electron chi connectivity index (χ4n) is 2.88. The number of aryl methyl sites for hydroxylation is 1. The predicted octanol–water partition coefficient (Wildman–Crippen LogP) is 4.41. The Balaban J connectivity index is 1.74. The van der Waals surface area contributed by atoms with E-state index < -0.39 is 0 Å². The standard InChI is InChI=1S/C17H21FN4/c1-12-19-16(21-14-7-3-2-4-8-14)11-17(20-12)22-15-9-5-6-13(18)10-15/h5-6,9-11,14H,2-4,7-8H2,1H3,(H2,19,20,21,22). The molecule has 1 fully saturated rings. The second-order valence-corrected chi connectivity index (χ2v) is 5.80. The Morgan fingerprint density at radius 2 is 1.82 bits per heavy atom. The van der Waals surface area contributed by atoms with Gasteiger partial charge in [0.15, 0.2) is 0 Å². The van der Waals surface area contributed by atoms with Gasteiger partial charge in [-0.1, -0.05) is 25.3 Å². The molecule has 2 aromatic rings. The van der Waals surface area contributed by atoms with Crippen LogP contribution in [0.5, 0.6) is 0 Å². The molecule has 4 nitrogen and oxygen atoms in total. The smallest absolute Gasteiger partial charge is 0.136 e. The van der Waals surface area contributed by atoms with E-state index in [2.05, 4.69) is 20.6 Å². The Morgan fingerprint density at radius 3 is 2.59 bits per heavy atom. The van der Waals surface area contributed by atoms with Crippen LogP contribution >= 0.6 is 0 Å². The van der Waals surface area contributed by atoms with Gasteiger partial charge in [0.2, 0.25) is 0 Å². The van der Waals surface area contributed by atoms with E-state index in [1.54, 1.807) is 6.07 Å². The average molecular weight is 300 g/mol. The molecule has 22 heavy (non-hydrogen) atoms. The number of benzene rings is 1. The molecule has 0 amide bonds. The molecule has 0 atom stereocenters. The van der Waals surface area contributed by atoms with Crippen molar-refractivity contribution in [1.29, 1.82) is 0 Å². The lowest BCUT2D eigenvalue weighted by Crippen LogP contribution is -2.23. The van der Waals surface area contributed by atoms with Crippen molar-refractivity contribution in [3.8, 4) is 0 Å². The van der Waals surface area contributed by atoms with Crippen molar-refractivity contribution < 1.29 is 4.39 Å². The van der Waals surface area contributed by atoms with E-state index in [9.17, 15) is 4.39 Å². The summed E-state index contributed by atoms with van der Waals surface area (Å²) in [6, 6.07) is 8.73. The van der Waals surface area contributed by atoms with Crippen molar-refractivity contribution in [2.45, 2.75) is 45.1 Å². The van der Waals surface area contributed by atoms with Crippen molar-refractivity contribution in [2.75, 3.05) is 10.6 Å². The van der Waals surface area contributed by atoms with E-state index >= 15 is 0 Å². The largest absolute Gasteiger partial charge is 0.367 e. The van der Waals surface area contributed by atoms with Crippen LogP contribution < -0.4 is 10.6 Å². The van der Waals surface area contributed by atoms with Crippen molar-refractivity contribution in [3.05, 3.63) is 42.0 Å². The maximum atomic E-state index is 13.3. The number of aromatic nitrogens is 2. The third-order valence-corrected chi connectivity index (χ3v) is 3.89. The molecule has 0 saturated heterocycles. The zero-order chi connectivity index (χ0) is 15.4. The lowest BCUT2D eigenvalue weighted by Gasteiger charge is -2.23. The van der Waals surface area contributed by atoms with Gasteiger partial charge in [0.1, 0.15) is 23.3 Å². The fourth-order valence-corrected chi connectivity index (χ4v) is 2.88. The van der Waals surface area contributed by atoms with Gasteiger partial charge in [-0.2, -0.15) is 0 Å². The van der Waals surface area contributed by atoms with Gasteiger partial charge in [0.25, 0.3) is 0 Å². The summed E-state index contributed by atoms with van der Waals surface area (Å²) in [6.45, 7) is 1.86. The molecule has 0 aliphatic heterocycles. The third kappa shape index (κ3) is 3.93. The van der Waals surface area contributed by atoms with Crippen molar-refractivity contribution >= 4 is 17.3 Å². The van der Waals surface area contributed by atoms with Crippen LogP contribution in [0.4, 0.5) is 21.7 Å². The number of hydrogen-bond acceptors (Lipinski definition) is 4. The minimum absolute atomic E-state index is 0.267. The highest BCUT2D eigenvalue weighted by Gasteiger charge is 2.14. The topological polar surface area (TPSA) is 49.8 Å². The Labute approximate surface area is 130 Å². The van der Waals surface area contributed by atoms with Crippen LogP contribution in [0.2, 0.25) is 0 Å². The highest BCUT2D eigenvalue weighted by Crippen LogP contribution is 2.23. The quantitative estimate of drug-likeness (QED) is 0.878. The SMILES string of the molecule is Cc1nc(Nc2cccc(F)c2)cc(NC2CCCCC2)n1. The third-order valence-electron chi connectivity index (χ3n) is 3.89. The van der Waals surface area contributed by atoms with Crippen LogP contribution in [0.3, 0.4) is 0 Å². The first-order valence-corrected chi connectivity index (χ1v) is 7.84. The summed E-state index contributed by atoms with van der Waals surface area (Å²) < 4.78 is 13.3. The summed E-state index contributed by atoms with van der Waals surface area (Å²) in [5.41, 5.74) is 0.682. The molecular weight excluding hydrogens is 279 g/mol. The molecule has 1 aliphatic carbocycles. The highest BCUT2D eigenvalue weighted by molar-refractivity contribution is 5.59. The normalized spacial score (nSPS) is 15.5. The molecule has 1 aromatic heterocycles. The molecular formula is C17H21FN4. The first-order valence-electron chi connectivity index (χ1n) is 7.84. The molecule has 0 spiro atoms. The molecule has 2 N–H and O–H groups in total. The summed E-state index contributed by atoms with van der Waals surface area (Å²) in [6.07, 6.45) is 6.25. The Morgan fingerprint density at radius 1 is 1.05 bits per heavy atom. The van der Waals surface area contributed by atoms with Gasteiger partial charge in [-0.25, -0.2) is 14.4 Å². The molecule has 1 heterocycles.